The van der Waals surface area contributed by atoms with E-state index in [0.29, 0.717) is 18.8 Å². The van der Waals surface area contributed by atoms with Gasteiger partial charge >= 0.3 is 0 Å². The fourth-order valence-electron chi connectivity index (χ4n) is 2.94. The molecular formula is C19H25N3O4. The molecule has 0 bridgehead atoms. The van der Waals surface area contributed by atoms with E-state index in [-0.39, 0.29) is 18.2 Å². The van der Waals surface area contributed by atoms with E-state index in [1.54, 1.807) is 17.7 Å². The zero-order valence-corrected chi connectivity index (χ0v) is 15.4. The number of amides is 2. The van der Waals surface area contributed by atoms with Crippen molar-refractivity contribution in [1.82, 2.24) is 15.2 Å². The maximum atomic E-state index is 12.3. The van der Waals surface area contributed by atoms with Crippen LogP contribution in [0.1, 0.15) is 31.0 Å². The van der Waals surface area contributed by atoms with Crippen LogP contribution in [0.15, 0.2) is 18.2 Å². The first kappa shape index (κ1) is 19.5. The summed E-state index contributed by atoms with van der Waals surface area (Å²) in [5, 5.41) is 6.45. The molecule has 0 atom stereocenters. The van der Waals surface area contributed by atoms with Crippen LogP contribution in [0.3, 0.4) is 0 Å². The Bertz CT molecular complexity index is 811. The van der Waals surface area contributed by atoms with Gasteiger partial charge in [0.25, 0.3) is 0 Å². The van der Waals surface area contributed by atoms with Crippen molar-refractivity contribution in [2.75, 3.05) is 20.2 Å². The molecule has 0 aliphatic carbocycles. The van der Waals surface area contributed by atoms with Gasteiger partial charge in [-0.15, -0.1) is 0 Å². The van der Waals surface area contributed by atoms with Crippen LogP contribution in [-0.2, 0) is 20.8 Å². The first-order valence-corrected chi connectivity index (χ1v) is 8.61. The van der Waals surface area contributed by atoms with Crippen molar-refractivity contribution in [3.63, 3.8) is 0 Å². The zero-order chi connectivity index (χ0) is 19.1. The molecule has 140 valence electrons. The van der Waals surface area contributed by atoms with E-state index in [9.17, 15) is 14.4 Å². The van der Waals surface area contributed by atoms with Gasteiger partial charge < -0.3 is 15.4 Å². The van der Waals surface area contributed by atoms with Gasteiger partial charge in [0.05, 0.1) is 19.0 Å². The Kier molecular flexibility index (Phi) is 6.77. The first-order chi connectivity index (χ1) is 12.5. The van der Waals surface area contributed by atoms with Gasteiger partial charge in [-0.2, -0.15) is 0 Å². The number of fused-ring (bicyclic) bond motifs is 1. The van der Waals surface area contributed by atoms with E-state index in [2.05, 4.69) is 10.6 Å². The summed E-state index contributed by atoms with van der Waals surface area (Å²) in [6.45, 7) is 4.47. The Morgan fingerprint density at radius 1 is 1.19 bits per heavy atom. The van der Waals surface area contributed by atoms with E-state index in [1.165, 1.54) is 6.92 Å². The molecule has 0 aliphatic heterocycles. The quantitative estimate of drug-likeness (QED) is 0.525. The predicted molar refractivity (Wildman–Crippen MR) is 100 cm³/mol. The fourth-order valence-corrected chi connectivity index (χ4v) is 2.94. The number of ether oxygens (including phenoxy) is 1. The molecule has 2 N–H and O–H groups in total. The van der Waals surface area contributed by atoms with Gasteiger partial charge in [-0.05, 0) is 43.5 Å². The Morgan fingerprint density at radius 3 is 2.50 bits per heavy atom. The second-order valence-electron chi connectivity index (χ2n) is 6.14. The SMILES string of the molecule is COc1ccc2c(c1)c(CC(=O)NCCCCNC(C)=O)c(C)n2C=O. The van der Waals surface area contributed by atoms with Crippen LogP contribution in [0.2, 0.25) is 0 Å². The van der Waals surface area contributed by atoms with E-state index >= 15 is 0 Å². The van der Waals surface area contributed by atoms with Gasteiger partial charge in [0.2, 0.25) is 18.2 Å². The summed E-state index contributed by atoms with van der Waals surface area (Å²) >= 11 is 0. The number of aromatic nitrogens is 1. The number of hydrogen-bond acceptors (Lipinski definition) is 4. The lowest BCUT2D eigenvalue weighted by Crippen LogP contribution is -2.27. The van der Waals surface area contributed by atoms with Crippen molar-refractivity contribution in [1.29, 1.82) is 0 Å². The summed E-state index contributed by atoms with van der Waals surface area (Å²) in [7, 11) is 1.58. The lowest BCUT2D eigenvalue weighted by molar-refractivity contribution is -0.121. The number of nitrogens with one attached hydrogen (secondary N) is 2. The molecule has 1 aromatic carbocycles. The highest BCUT2D eigenvalue weighted by Crippen LogP contribution is 2.29. The van der Waals surface area contributed by atoms with E-state index in [1.807, 2.05) is 19.1 Å². The second-order valence-corrected chi connectivity index (χ2v) is 6.14. The van der Waals surface area contributed by atoms with Crippen LogP contribution in [0.5, 0.6) is 5.75 Å². The standard InChI is InChI=1S/C19H25N3O4/c1-13-16(11-19(25)21-9-5-4-8-20-14(2)24)17-10-15(26-3)6-7-18(17)22(13)12-23/h6-7,10,12H,4-5,8-9,11H2,1-3H3,(H,20,24)(H,21,25). The van der Waals surface area contributed by atoms with Crippen LogP contribution in [0.25, 0.3) is 10.9 Å². The third-order valence-electron chi connectivity index (χ3n) is 4.33. The molecule has 2 amide bonds. The largest absolute Gasteiger partial charge is 0.497 e. The monoisotopic (exact) mass is 359 g/mol. The van der Waals surface area contributed by atoms with Crippen LogP contribution in [0.4, 0.5) is 0 Å². The Morgan fingerprint density at radius 2 is 1.88 bits per heavy atom. The topological polar surface area (TPSA) is 89.4 Å². The van der Waals surface area contributed by atoms with Crippen molar-refractivity contribution in [2.45, 2.75) is 33.1 Å². The summed E-state index contributed by atoms with van der Waals surface area (Å²) < 4.78 is 6.80. The fraction of sp³-hybridized carbons (Fsp3) is 0.421. The van der Waals surface area contributed by atoms with Gasteiger partial charge in [-0.3, -0.25) is 19.0 Å². The van der Waals surface area contributed by atoms with Gasteiger partial charge in [0.1, 0.15) is 5.75 Å². The lowest BCUT2D eigenvalue weighted by Gasteiger charge is -2.07. The van der Waals surface area contributed by atoms with Crippen LogP contribution < -0.4 is 15.4 Å². The van der Waals surface area contributed by atoms with E-state index in [0.717, 1.165) is 41.4 Å². The lowest BCUT2D eigenvalue weighted by atomic mass is 10.1. The predicted octanol–water partition coefficient (Wildman–Crippen LogP) is 1.57. The molecule has 0 saturated heterocycles. The van der Waals surface area contributed by atoms with Gasteiger partial charge in [-0.1, -0.05) is 0 Å². The first-order valence-electron chi connectivity index (χ1n) is 8.61. The molecule has 26 heavy (non-hydrogen) atoms. The molecule has 0 fully saturated rings. The molecule has 1 aromatic heterocycles. The minimum absolute atomic E-state index is 0.0495. The van der Waals surface area contributed by atoms with E-state index in [4.69, 9.17) is 4.74 Å². The minimum atomic E-state index is -0.0969. The normalized spacial score (nSPS) is 10.6. The second kappa shape index (κ2) is 9.03. The number of benzene rings is 1. The third-order valence-corrected chi connectivity index (χ3v) is 4.33. The average Bonchev–Trinajstić information content (AvgIpc) is 2.88. The minimum Gasteiger partial charge on any atom is -0.497 e. The van der Waals surface area contributed by atoms with Crippen molar-refractivity contribution in [3.8, 4) is 5.75 Å². The molecule has 2 rings (SSSR count). The highest BCUT2D eigenvalue weighted by Gasteiger charge is 2.17. The Balaban J connectivity index is 2.03. The number of carbonyl (C=O) groups excluding carboxylic acids is 3. The molecular weight excluding hydrogens is 334 g/mol. The Hall–Kier alpha value is -2.83. The summed E-state index contributed by atoms with van der Waals surface area (Å²) in [5.74, 6) is 0.534. The van der Waals surface area contributed by atoms with Crippen molar-refractivity contribution >= 4 is 29.1 Å². The van der Waals surface area contributed by atoms with Gasteiger partial charge in [0, 0.05) is 31.1 Å². The van der Waals surface area contributed by atoms with E-state index < -0.39 is 0 Å². The molecule has 1 heterocycles. The molecule has 0 aliphatic rings. The number of hydrogen-bond donors (Lipinski definition) is 2. The number of rotatable bonds is 9. The summed E-state index contributed by atoms with van der Waals surface area (Å²) in [6, 6.07) is 5.46. The third kappa shape index (κ3) is 4.62. The maximum Gasteiger partial charge on any atom is 0.224 e. The van der Waals surface area contributed by atoms with Crippen LogP contribution in [-0.4, -0.2) is 43.0 Å². The summed E-state index contributed by atoms with van der Waals surface area (Å²) in [4.78, 5) is 34.5. The highest BCUT2D eigenvalue weighted by molar-refractivity contribution is 5.94. The van der Waals surface area contributed by atoms with Crippen molar-refractivity contribution in [3.05, 3.63) is 29.5 Å². The molecule has 0 radical (unpaired) electrons. The Labute approximate surface area is 152 Å². The summed E-state index contributed by atoms with van der Waals surface area (Å²) in [6.07, 6.45) is 2.55. The molecule has 0 unspecified atom stereocenters. The van der Waals surface area contributed by atoms with Crippen molar-refractivity contribution < 1.29 is 19.1 Å². The molecule has 0 saturated carbocycles. The molecule has 7 nitrogen and oxygen atoms in total. The van der Waals surface area contributed by atoms with Crippen molar-refractivity contribution in [2.24, 2.45) is 0 Å². The van der Waals surface area contributed by atoms with Gasteiger partial charge in [-0.25, -0.2) is 0 Å². The maximum absolute atomic E-state index is 12.3. The number of methoxy groups -OCH3 is 1. The number of nitrogens with zero attached hydrogens (tertiary/aromatic N) is 1. The van der Waals surface area contributed by atoms with Crippen LogP contribution >= 0.6 is 0 Å². The number of carbonyl (C=O) groups is 3. The number of unbranched alkanes of at least 4 members (excludes halogenated alkanes) is 1. The molecule has 7 heteroatoms. The zero-order valence-electron chi connectivity index (χ0n) is 15.4. The van der Waals surface area contributed by atoms with Crippen LogP contribution in [0, 0.1) is 6.92 Å². The molecule has 0 spiro atoms. The average molecular weight is 359 g/mol. The molecule has 2 aromatic rings. The van der Waals surface area contributed by atoms with Gasteiger partial charge in [0.15, 0.2) is 0 Å². The summed E-state index contributed by atoms with van der Waals surface area (Å²) in [5.41, 5.74) is 2.34. The highest BCUT2D eigenvalue weighted by atomic mass is 16.5. The smallest absolute Gasteiger partial charge is 0.224 e.